The lowest BCUT2D eigenvalue weighted by molar-refractivity contribution is -0.122. The first kappa shape index (κ1) is 19.7. The number of hydrogen-bond donors (Lipinski definition) is 2. The molecule has 1 aromatic rings. The Labute approximate surface area is 150 Å². The van der Waals surface area contributed by atoms with Gasteiger partial charge in [0.25, 0.3) is 0 Å². The molecule has 2 unspecified atom stereocenters. The zero-order chi connectivity index (χ0) is 18.3. The predicted octanol–water partition coefficient (Wildman–Crippen LogP) is 1.88. The summed E-state index contributed by atoms with van der Waals surface area (Å²) in [6, 6.07) is 6.51. The predicted molar refractivity (Wildman–Crippen MR) is 97.2 cm³/mol. The molecule has 140 valence electrons. The van der Waals surface area contributed by atoms with Crippen molar-refractivity contribution in [3.05, 3.63) is 24.3 Å². The number of sulfone groups is 1. The lowest BCUT2D eigenvalue weighted by Crippen LogP contribution is -2.44. The van der Waals surface area contributed by atoms with E-state index < -0.39 is 9.84 Å². The van der Waals surface area contributed by atoms with Gasteiger partial charge < -0.3 is 15.8 Å². The highest BCUT2D eigenvalue weighted by molar-refractivity contribution is 7.90. The normalized spacial score (nSPS) is 20.9. The molecule has 1 fully saturated rings. The topological polar surface area (TPSA) is 98.5 Å². The van der Waals surface area contributed by atoms with E-state index in [4.69, 9.17) is 10.5 Å². The number of rotatable bonds is 8. The van der Waals surface area contributed by atoms with Crippen LogP contribution in [-0.4, -0.2) is 39.8 Å². The van der Waals surface area contributed by atoms with E-state index in [1.165, 1.54) is 24.8 Å². The van der Waals surface area contributed by atoms with Crippen LogP contribution >= 0.6 is 0 Å². The second-order valence-corrected chi connectivity index (χ2v) is 8.67. The Balaban J connectivity index is 1.69. The Morgan fingerprint density at radius 3 is 2.56 bits per heavy atom. The van der Waals surface area contributed by atoms with Gasteiger partial charge in [0, 0.05) is 18.7 Å². The third kappa shape index (κ3) is 6.32. The molecule has 25 heavy (non-hydrogen) atoms. The van der Waals surface area contributed by atoms with Crippen molar-refractivity contribution < 1.29 is 17.9 Å². The van der Waals surface area contributed by atoms with Gasteiger partial charge in [-0.05, 0) is 56.0 Å². The van der Waals surface area contributed by atoms with Gasteiger partial charge >= 0.3 is 0 Å². The quantitative estimate of drug-likeness (QED) is 0.683. The molecule has 0 bridgehead atoms. The van der Waals surface area contributed by atoms with Gasteiger partial charge in [0.15, 0.2) is 9.84 Å². The Morgan fingerprint density at radius 2 is 1.92 bits per heavy atom. The molecule has 0 aliphatic heterocycles. The van der Waals surface area contributed by atoms with Crippen molar-refractivity contribution in [3.8, 4) is 5.75 Å². The number of nitrogens with two attached hydrogens (primary N) is 1. The molecule has 7 heteroatoms. The molecular weight excluding hydrogens is 340 g/mol. The summed E-state index contributed by atoms with van der Waals surface area (Å²) in [6.45, 7) is 1.04. The van der Waals surface area contributed by atoms with Crippen LogP contribution in [0.3, 0.4) is 0 Å². The van der Waals surface area contributed by atoms with Gasteiger partial charge in [-0.2, -0.15) is 0 Å². The molecule has 1 saturated carbocycles. The lowest BCUT2D eigenvalue weighted by Gasteiger charge is -2.31. The standard InChI is InChI=1S/C18H28N2O4S/c1-25(22,23)16-10-8-15(9-11-16)24-12-4-7-18(21)20-17-6-3-2-5-14(17)13-19/h8-11,14,17H,2-7,12-13,19H2,1H3,(H,20,21). The fourth-order valence-electron chi connectivity index (χ4n) is 3.16. The second-order valence-electron chi connectivity index (χ2n) is 6.65. The van der Waals surface area contributed by atoms with Crippen LogP contribution < -0.4 is 15.8 Å². The van der Waals surface area contributed by atoms with Crippen LogP contribution in [0.15, 0.2) is 29.2 Å². The van der Waals surface area contributed by atoms with Crippen LogP contribution in [0.4, 0.5) is 0 Å². The highest BCUT2D eigenvalue weighted by Crippen LogP contribution is 2.23. The highest BCUT2D eigenvalue weighted by atomic mass is 32.2. The number of nitrogens with one attached hydrogen (secondary N) is 1. The number of benzene rings is 1. The van der Waals surface area contributed by atoms with Gasteiger partial charge in [0.2, 0.25) is 5.91 Å². The molecule has 2 atom stereocenters. The minimum Gasteiger partial charge on any atom is -0.494 e. The van der Waals surface area contributed by atoms with Crippen molar-refractivity contribution in [1.82, 2.24) is 5.32 Å². The number of amides is 1. The molecule has 0 radical (unpaired) electrons. The minimum absolute atomic E-state index is 0.0429. The Kier molecular flexibility index (Phi) is 7.25. The van der Waals surface area contributed by atoms with Gasteiger partial charge in [-0.1, -0.05) is 12.8 Å². The first-order valence-electron chi connectivity index (χ1n) is 8.82. The summed E-state index contributed by atoms with van der Waals surface area (Å²) in [5.41, 5.74) is 5.78. The van der Waals surface area contributed by atoms with Crippen molar-refractivity contribution in [2.24, 2.45) is 11.7 Å². The highest BCUT2D eigenvalue weighted by Gasteiger charge is 2.24. The molecule has 1 aromatic carbocycles. The summed E-state index contributed by atoms with van der Waals surface area (Å²) in [5, 5.41) is 3.10. The zero-order valence-electron chi connectivity index (χ0n) is 14.7. The number of hydrogen-bond acceptors (Lipinski definition) is 5. The van der Waals surface area contributed by atoms with Crippen molar-refractivity contribution in [2.75, 3.05) is 19.4 Å². The molecule has 1 aliphatic carbocycles. The molecular formula is C18H28N2O4S. The van der Waals surface area contributed by atoms with E-state index in [-0.39, 0.29) is 16.8 Å². The average molecular weight is 368 g/mol. The van der Waals surface area contributed by atoms with Crippen LogP contribution in [0, 0.1) is 5.92 Å². The summed E-state index contributed by atoms with van der Waals surface area (Å²) >= 11 is 0. The van der Waals surface area contributed by atoms with E-state index in [1.54, 1.807) is 12.1 Å². The number of ether oxygens (including phenoxy) is 1. The van der Waals surface area contributed by atoms with Gasteiger partial charge in [0.05, 0.1) is 11.5 Å². The van der Waals surface area contributed by atoms with Crippen LogP contribution in [0.1, 0.15) is 38.5 Å². The van der Waals surface area contributed by atoms with Gasteiger partial charge in [-0.3, -0.25) is 4.79 Å². The third-order valence-corrected chi connectivity index (χ3v) is 5.76. The first-order chi connectivity index (χ1) is 11.9. The zero-order valence-corrected chi connectivity index (χ0v) is 15.6. The number of carbonyl (C=O) groups is 1. The largest absolute Gasteiger partial charge is 0.494 e. The third-order valence-electron chi connectivity index (χ3n) is 4.63. The fraction of sp³-hybridized carbons (Fsp3) is 0.611. The maximum Gasteiger partial charge on any atom is 0.220 e. The van der Waals surface area contributed by atoms with Crippen molar-refractivity contribution in [3.63, 3.8) is 0 Å². The van der Waals surface area contributed by atoms with E-state index >= 15 is 0 Å². The lowest BCUT2D eigenvalue weighted by atomic mass is 9.84. The minimum atomic E-state index is -3.19. The van der Waals surface area contributed by atoms with Crippen LogP contribution in [-0.2, 0) is 14.6 Å². The molecule has 2 rings (SSSR count). The van der Waals surface area contributed by atoms with E-state index in [1.807, 2.05) is 0 Å². The maximum atomic E-state index is 12.1. The molecule has 0 heterocycles. The fourth-order valence-corrected chi connectivity index (χ4v) is 3.80. The van der Waals surface area contributed by atoms with Crippen LogP contribution in [0.25, 0.3) is 0 Å². The van der Waals surface area contributed by atoms with Gasteiger partial charge in [-0.15, -0.1) is 0 Å². The van der Waals surface area contributed by atoms with Crippen molar-refractivity contribution in [2.45, 2.75) is 49.5 Å². The molecule has 3 N–H and O–H groups in total. The molecule has 1 amide bonds. The number of carbonyl (C=O) groups excluding carboxylic acids is 1. The van der Waals surface area contributed by atoms with E-state index in [0.717, 1.165) is 19.3 Å². The van der Waals surface area contributed by atoms with Crippen LogP contribution in [0.2, 0.25) is 0 Å². The second kappa shape index (κ2) is 9.20. The summed E-state index contributed by atoms with van der Waals surface area (Å²) in [4.78, 5) is 12.3. The Bertz CT molecular complexity index is 658. The molecule has 0 saturated heterocycles. The van der Waals surface area contributed by atoms with Gasteiger partial charge in [0.1, 0.15) is 5.75 Å². The summed E-state index contributed by atoms with van der Waals surface area (Å²) in [7, 11) is -3.19. The van der Waals surface area contributed by atoms with Crippen molar-refractivity contribution >= 4 is 15.7 Å². The van der Waals surface area contributed by atoms with Crippen LogP contribution in [0.5, 0.6) is 5.75 Å². The SMILES string of the molecule is CS(=O)(=O)c1ccc(OCCCC(=O)NC2CCCCC2CN)cc1. The molecule has 1 aliphatic rings. The van der Waals surface area contributed by atoms with E-state index in [2.05, 4.69) is 5.32 Å². The smallest absolute Gasteiger partial charge is 0.220 e. The molecule has 0 spiro atoms. The molecule has 0 aromatic heterocycles. The monoisotopic (exact) mass is 368 g/mol. The van der Waals surface area contributed by atoms with Crippen molar-refractivity contribution in [1.29, 1.82) is 0 Å². The average Bonchev–Trinajstić information content (AvgIpc) is 2.59. The molecule has 6 nitrogen and oxygen atoms in total. The van der Waals surface area contributed by atoms with Gasteiger partial charge in [-0.25, -0.2) is 8.42 Å². The Hall–Kier alpha value is -1.60. The summed E-state index contributed by atoms with van der Waals surface area (Å²) < 4.78 is 28.4. The summed E-state index contributed by atoms with van der Waals surface area (Å²) in [6.07, 6.45) is 6.64. The summed E-state index contributed by atoms with van der Waals surface area (Å²) in [5.74, 6) is 1.03. The Morgan fingerprint density at radius 1 is 1.24 bits per heavy atom. The maximum absolute atomic E-state index is 12.1. The van der Waals surface area contributed by atoms with E-state index in [0.29, 0.717) is 37.7 Å². The van der Waals surface area contributed by atoms with E-state index in [9.17, 15) is 13.2 Å². The first-order valence-corrected chi connectivity index (χ1v) is 10.7.